The fourth-order valence-electron chi connectivity index (χ4n) is 2.05. The summed E-state index contributed by atoms with van der Waals surface area (Å²) < 4.78 is 18.2. The molecule has 0 aliphatic heterocycles. The molecule has 116 valence electrons. The molecule has 0 saturated heterocycles. The Balaban J connectivity index is 1.92. The number of nitrogens with zero attached hydrogens (tertiary/aromatic N) is 2. The molecule has 0 aliphatic carbocycles. The molecule has 0 aliphatic rings. The summed E-state index contributed by atoms with van der Waals surface area (Å²) in [6, 6.07) is 3.75. The van der Waals surface area contributed by atoms with Crippen LogP contribution < -0.4 is 4.74 Å². The highest BCUT2D eigenvalue weighted by Gasteiger charge is 2.07. The first-order valence-electron chi connectivity index (χ1n) is 6.96. The lowest BCUT2D eigenvalue weighted by Gasteiger charge is -2.06. The molecule has 2 aromatic heterocycles. The maximum atomic E-state index is 5.44. The van der Waals surface area contributed by atoms with Gasteiger partial charge in [0.25, 0.3) is 0 Å². The Morgan fingerprint density at radius 2 is 2.05 bits per heavy atom. The normalized spacial score (nSPS) is 11.1. The van der Waals surface area contributed by atoms with Crippen LogP contribution in [0.2, 0.25) is 0 Å². The number of imidazole rings is 1. The lowest BCUT2D eigenvalue weighted by atomic mass is 10.3. The van der Waals surface area contributed by atoms with Gasteiger partial charge in [-0.05, 0) is 31.1 Å². The Hall–Kier alpha value is -1.44. The smallest absolute Gasteiger partial charge is 0.215 e. The van der Waals surface area contributed by atoms with Gasteiger partial charge in [0.15, 0.2) is 10.4 Å². The van der Waals surface area contributed by atoms with Crippen molar-refractivity contribution in [3.63, 3.8) is 0 Å². The van der Waals surface area contributed by atoms with Gasteiger partial charge >= 0.3 is 0 Å². The standard InChI is InChI=1S/C14H21N3O3S/c1-18-9-10-20-8-4-3-7-17-13-11(15-14(17)21)5-6-12(16-13)19-2/h5-6H,3-4,7-10H2,1-2H3,(H,15,21). The van der Waals surface area contributed by atoms with Gasteiger partial charge in [-0.2, -0.15) is 4.98 Å². The number of aryl methyl sites for hydroxylation is 1. The first-order valence-corrected chi connectivity index (χ1v) is 7.37. The molecular formula is C14H21N3O3S. The van der Waals surface area contributed by atoms with Crippen LogP contribution in [0.1, 0.15) is 12.8 Å². The number of rotatable bonds is 9. The highest BCUT2D eigenvalue weighted by atomic mass is 32.1. The van der Waals surface area contributed by atoms with E-state index < -0.39 is 0 Å². The summed E-state index contributed by atoms with van der Waals surface area (Å²) in [6.07, 6.45) is 1.95. The van der Waals surface area contributed by atoms with Crippen LogP contribution in [0, 0.1) is 4.77 Å². The predicted molar refractivity (Wildman–Crippen MR) is 83.4 cm³/mol. The molecule has 0 amide bonds. The summed E-state index contributed by atoms with van der Waals surface area (Å²) in [5.41, 5.74) is 1.76. The molecule has 0 radical (unpaired) electrons. The summed E-state index contributed by atoms with van der Waals surface area (Å²) in [5, 5.41) is 0. The molecule has 0 aromatic carbocycles. The monoisotopic (exact) mass is 311 g/mol. The fourth-order valence-corrected chi connectivity index (χ4v) is 2.34. The topological polar surface area (TPSA) is 61.3 Å². The van der Waals surface area contributed by atoms with E-state index in [4.69, 9.17) is 26.4 Å². The highest BCUT2D eigenvalue weighted by molar-refractivity contribution is 7.71. The average Bonchev–Trinajstić information content (AvgIpc) is 2.81. The van der Waals surface area contributed by atoms with Crippen LogP contribution in [-0.4, -0.2) is 48.6 Å². The van der Waals surface area contributed by atoms with Crippen molar-refractivity contribution >= 4 is 23.4 Å². The van der Waals surface area contributed by atoms with E-state index in [0.29, 0.717) is 23.9 Å². The van der Waals surface area contributed by atoms with Gasteiger partial charge in [0.05, 0.1) is 25.8 Å². The number of hydrogen-bond acceptors (Lipinski definition) is 5. The van der Waals surface area contributed by atoms with Gasteiger partial charge in [-0.15, -0.1) is 0 Å². The van der Waals surface area contributed by atoms with Crippen molar-refractivity contribution in [3.8, 4) is 5.88 Å². The van der Waals surface area contributed by atoms with Crippen molar-refractivity contribution in [2.75, 3.05) is 34.0 Å². The lowest BCUT2D eigenvalue weighted by molar-refractivity contribution is 0.0684. The minimum Gasteiger partial charge on any atom is -0.481 e. The van der Waals surface area contributed by atoms with Crippen molar-refractivity contribution < 1.29 is 14.2 Å². The Morgan fingerprint density at radius 3 is 2.81 bits per heavy atom. The summed E-state index contributed by atoms with van der Waals surface area (Å²) in [5.74, 6) is 0.591. The van der Waals surface area contributed by atoms with Gasteiger partial charge in [0.1, 0.15) is 0 Å². The number of pyridine rings is 1. The maximum Gasteiger partial charge on any atom is 0.215 e. The maximum absolute atomic E-state index is 5.44. The molecule has 2 aromatic rings. The second-order valence-corrected chi connectivity index (χ2v) is 5.01. The number of hydrogen-bond donors (Lipinski definition) is 1. The minimum absolute atomic E-state index is 0.591. The van der Waals surface area contributed by atoms with Gasteiger partial charge < -0.3 is 23.8 Å². The van der Waals surface area contributed by atoms with E-state index >= 15 is 0 Å². The average molecular weight is 311 g/mol. The number of ether oxygens (including phenoxy) is 3. The minimum atomic E-state index is 0.591. The van der Waals surface area contributed by atoms with Gasteiger partial charge in [0, 0.05) is 26.3 Å². The Kier molecular flexibility index (Phi) is 6.16. The molecule has 6 nitrogen and oxygen atoms in total. The lowest BCUT2D eigenvalue weighted by Crippen LogP contribution is -2.05. The van der Waals surface area contributed by atoms with Crippen LogP contribution in [0.4, 0.5) is 0 Å². The SMILES string of the molecule is COCCOCCCCn1c(=S)[nH]c2ccc(OC)nc21. The number of aromatic nitrogens is 3. The van der Waals surface area contributed by atoms with Crippen LogP contribution in [0.3, 0.4) is 0 Å². The number of nitrogens with one attached hydrogen (secondary N) is 1. The third kappa shape index (κ3) is 4.26. The third-order valence-electron chi connectivity index (χ3n) is 3.15. The van der Waals surface area contributed by atoms with E-state index in [1.165, 1.54) is 0 Å². The van der Waals surface area contributed by atoms with Crippen molar-refractivity contribution in [1.82, 2.24) is 14.5 Å². The van der Waals surface area contributed by atoms with E-state index in [1.54, 1.807) is 14.2 Å². The van der Waals surface area contributed by atoms with Crippen LogP contribution >= 0.6 is 12.2 Å². The molecule has 0 bridgehead atoms. The number of methoxy groups -OCH3 is 2. The van der Waals surface area contributed by atoms with Crippen LogP contribution in [0.15, 0.2) is 12.1 Å². The van der Waals surface area contributed by atoms with E-state index in [0.717, 1.165) is 37.2 Å². The summed E-state index contributed by atoms with van der Waals surface area (Å²) in [4.78, 5) is 7.61. The molecule has 7 heteroatoms. The zero-order valence-electron chi connectivity index (χ0n) is 12.4. The zero-order valence-corrected chi connectivity index (χ0v) is 13.2. The summed E-state index contributed by atoms with van der Waals surface area (Å²) in [7, 11) is 3.28. The third-order valence-corrected chi connectivity index (χ3v) is 3.48. The molecule has 2 rings (SSSR count). The van der Waals surface area contributed by atoms with Crippen molar-refractivity contribution in [1.29, 1.82) is 0 Å². The van der Waals surface area contributed by atoms with Gasteiger partial charge in [-0.3, -0.25) is 0 Å². The first-order chi connectivity index (χ1) is 10.3. The van der Waals surface area contributed by atoms with Crippen molar-refractivity contribution in [3.05, 3.63) is 16.9 Å². The van der Waals surface area contributed by atoms with Crippen LogP contribution in [0.25, 0.3) is 11.2 Å². The molecule has 0 saturated carbocycles. The molecule has 1 N–H and O–H groups in total. The summed E-state index contributed by atoms with van der Waals surface area (Å²) in [6.45, 7) is 2.82. The predicted octanol–water partition coefficient (Wildman–Crippen LogP) is 2.55. The molecular weight excluding hydrogens is 290 g/mol. The van der Waals surface area contributed by atoms with E-state index in [1.807, 2.05) is 16.7 Å². The molecule has 2 heterocycles. The van der Waals surface area contributed by atoms with E-state index in [9.17, 15) is 0 Å². The number of fused-ring (bicyclic) bond motifs is 1. The molecule has 0 unspecified atom stereocenters. The quantitative estimate of drug-likeness (QED) is 0.569. The second kappa shape index (κ2) is 8.11. The van der Waals surface area contributed by atoms with Gasteiger partial charge in [0.2, 0.25) is 5.88 Å². The Bertz CT molecular complexity index is 623. The summed E-state index contributed by atoms with van der Waals surface area (Å²) >= 11 is 5.35. The number of aromatic amines is 1. The van der Waals surface area contributed by atoms with Gasteiger partial charge in [-0.1, -0.05) is 0 Å². The number of unbranched alkanes of at least 4 members (excludes halogenated alkanes) is 1. The molecule has 0 spiro atoms. The largest absolute Gasteiger partial charge is 0.481 e. The Labute approximate surface area is 129 Å². The van der Waals surface area contributed by atoms with Gasteiger partial charge in [-0.25, -0.2) is 0 Å². The van der Waals surface area contributed by atoms with E-state index in [2.05, 4.69) is 9.97 Å². The fraction of sp³-hybridized carbons (Fsp3) is 0.571. The van der Waals surface area contributed by atoms with Crippen LogP contribution in [0.5, 0.6) is 5.88 Å². The first kappa shape index (κ1) is 15.9. The number of H-pyrrole nitrogens is 1. The molecule has 0 atom stereocenters. The van der Waals surface area contributed by atoms with Crippen LogP contribution in [-0.2, 0) is 16.0 Å². The molecule has 0 fully saturated rings. The van der Waals surface area contributed by atoms with Crippen molar-refractivity contribution in [2.45, 2.75) is 19.4 Å². The zero-order chi connectivity index (χ0) is 15.1. The molecule has 21 heavy (non-hydrogen) atoms. The Morgan fingerprint density at radius 1 is 1.19 bits per heavy atom. The highest BCUT2D eigenvalue weighted by Crippen LogP contribution is 2.17. The second-order valence-electron chi connectivity index (χ2n) is 4.62. The van der Waals surface area contributed by atoms with Crippen molar-refractivity contribution in [2.24, 2.45) is 0 Å². The van der Waals surface area contributed by atoms with E-state index in [-0.39, 0.29) is 0 Å².